The second kappa shape index (κ2) is 3.79. The van der Waals surface area contributed by atoms with Gasteiger partial charge in [0.25, 0.3) is 0 Å². The maximum absolute atomic E-state index is 9.38. The Hall–Kier alpha value is 0.527. The summed E-state index contributed by atoms with van der Waals surface area (Å²) in [6.45, 7) is 6.51. The summed E-state index contributed by atoms with van der Waals surface area (Å²) in [7, 11) is 1.37. The number of hydrogen-bond acceptors (Lipinski definition) is 3. The number of hydrogen-bond donors (Lipinski definition) is 2. The van der Waals surface area contributed by atoms with Crippen molar-refractivity contribution in [3.05, 3.63) is 0 Å². The smallest absolute Gasteiger partial charge is 0.174 e. The standard InChI is InChI=1S/C5H17N2OPSi/c1-7(2)9(8)6-10(3,4)5/h6,8H,1-5H3. The zero-order valence-electron chi connectivity index (χ0n) is 7.34. The molecule has 0 aliphatic carbocycles. The van der Waals surface area contributed by atoms with Crippen LogP contribution in [0.2, 0.25) is 19.6 Å². The molecule has 0 radical (unpaired) electrons. The van der Waals surface area contributed by atoms with Crippen molar-refractivity contribution in [1.82, 2.24) is 9.42 Å². The van der Waals surface area contributed by atoms with E-state index in [1.165, 1.54) is 0 Å². The first kappa shape index (κ1) is 10.5. The van der Waals surface area contributed by atoms with E-state index in [1.54, 1.807) is 0 Å². The molecule has 0 saturated heterocycles. The van der Waals surface area contributed by atoms with Gasteiger partial charge in [0.15, 0.2) is 8.45 Å². The van der Waals surface area contributed by atoms with Crippen LogP contribution in [0.1, 0.15) is 0 Å². The van der Waals surface area contributed by atoms with E-state index in [0.717, 1.165) is 0 Å². The Labute approximate surface area is 65.5 Å². The monoisotopic (exact) mass is 180 g/mol. The summed E-state index contributed by atoms with van der Waals surface area (Å²) in [5.41, 5.74) is 0. The van der Waals surface area contributed by atoms with E-state index in [2.05, 4.69) is 24.4 Å². The van der Waals surface area contributed by atoms with Gasteiger partial charge in [-0.2, -0.15) is 0 Å². The minimum absolute atomic E-state index is 1.08. The zero-order chi connectivity index (χ0) is 8.36. The first-order valence-electron chi connectivity index (χ1n) is 3.27. The number of nitrogens with one attached hydrogen (secondary N) is 1. The van der Waals surface area contributed by atoms with Crippen molar-refractivity contribution < 1.29 is 4.89 Å². The lowest BCUT2D eigenvalue weighted by Crippen LogP contribution is -2.39. The molecule has 0 aromatic carbocycles. The van der Waals surface area contributed by atoms with Crippen LogP contribution in [0, 0.1) is 0 Å². The lowest BCUT2D eigenvalue weighted by atomic mass is 11.3. The van der Waals surface area contributed by atoms with Gasteiger partial charge < -0.3 is 4.89 Å². The molecule has 0 aliphatic rings. The molecule has 0 aromatic rings. The van der Waals surface area contributed by atoms with Crippen molar-refractivity contribution in [1.29, 1.82) is 0 Å². The SMILES string of the molecule is CN(C)P(O)N[Si](C)(C)C. The molecule has 0 spiro atoms. The predicted molar refractivity (Wildman–Crippen MR) is 49.3 cm³/mol. The molecule has 1 unspecified atom stereocenters. The lowest BCUT2D eigenvalue weighted by molar-refractivity contribution is 0.522. The third-order valence-electron chi connectivity index (χ3n) is 0.814. The summed E-state index contributed by atoms with van der Waals surface area (Å²) in [6.07, 6.45) is 0. The maximum Gasteiger partial charge on any atom is 0.174 e. The Morgan fingerprint density at radius 2 is 1.70 bits per heavy atom. The molecule has 0 rings (SSSR count). The van der Waals surface area contributed by atoms with Crippen LogP contribution >= 0.6 is 8.45 Å². The van der Waals surface area contributed by atoms with Gasteiger partial charge in [0.05, 0.1) is 0 Å². The number of rotatable bonds is 3. The second-order valence-corrected chi connectivity index (χ2v) is 10.3. The summed E-state index contributed by atoms with van der Waals surface area (Å²) in [5, 5.41) is 0. The highest BCUT2D eigenvalue weighted by Gasteiger charge is 2.18. The van der Waals surface area contributed by atoms with Crippen LogP contribution in [0.4, 0.5) is 0 Å². The van der Waals surface area contributed by atoms with E-state index in [1.807, 2.05) is 18.8 Å². The van der Waals surface area contributed by atoms with Gasteiger partial charge in [-0.1, -0.05) is 19.6 Å². The largest absolute Gasteiger partial charge is 0.348 e. The van der Waals surface area contributed by atoms with E-state index in [-0.39, 0.29) is 0 Å². The molecule has 3 nitrogen and oxygen atoms in total. The third-order valence-corrected chi connectivity index (χ3v) is 5.06. The molecule has 0 saturated carbocycles. The summed E-state index contributed by atoms with van der Waals surface area (Å²) >= 11 is 0. The Morgan fingerprint density at radius 1 is 1.30 bits per heavy atom. The highest BCUT2D eigenvalue weighted by atomic mass is 31.2. The Bertz CT molecular complexity index is 104. The highest BCUT2D eigenvalue weighted by Crippen LogP contribution is 2.28. The molecule has 0 bridgehead atoms. The Kier molecular flexibility index (Phi) is 3.99. The van der Waals surface area contributed by atoms with Crippen LogP contribution in [0.15, 0.2) is 0 Å². The minimum Gasteiger partial charge on any atom is -0.348 e. The second-order valence-electron chi connectivity index (χ2n) is 3.50. The van der Waals surface area contributed by atoms with Crippen molar-refractivity contribution in [3.8, 4) is 0 Å². The topological polar surface area (TPSA) is 35.5 Å². The molecule has 0 amide bonds. The van der Waals surface area contributed by atoms with E-state index < -0.39 is 16.7 Å². The summed E-state index contributed by atoms with van der Waals surface area (Å²) < 4.78 is 5.02. The van der Waals surface area contributed by atoms with Crippen LogP contribution in [0.25, 0.3) is 0 Å². The molecule has 5 heteroatoms. The average Bonchev–Trinajstić information content (AvgIpc) is 1.60. The van der Waals surface area contributed by atoms with Gasteiger partial charge >= 0.3 is 0 Å². The summed E-state index contributed by atoms with van der Waals surface area (Å²) in [6, 6.07) is 0. The van der Waals surface area contributed by atoms with Crippen molar-refractivity contribution >= 4 is 16.7 Å². The van der Waals surface area contributed by atoms with Crippen molar-refractivity contribution in [3.63, 3.8) is 0 Å². The van der Waals surface area contributed by atoms with E-state index in [9.17, 15) is 4.89 Å². The van der Waals surface area contributed by atoms with Crippen molar-refractivity contribution in [2.75, 3.05) is 14.1 Å². The van der Waals surface area contributed by atoms with Crippen molar-refractivity contribution in [2.45, 2.75) is 19.6 Å². The lowest BCUT2D eigenvalue weighted by Gasteiger charge is -2.26. The van der Waals surface area contributed by atoms with Crippen LogP contribution in [0.3, 0.4) is 0 Å². The molecule has 0 fully saturated rings. The maximum atomic E-state index is 9.38. The summed E-state index contributed by atoms with van der Waals surface area (Å²) in [4.78, 5) is 9.38. The third kappa shape index (κ3) is 5.32. The zero-order valence-corrected chi connectivity index (χ0v) is 9.24. The van der Waals surface area contributed by atoms with E-state index >= 15 is 0 Å². The fourth-order valence-corrected chi connectivity index (χ4v) is 3.60. The van der Waals surface area contributed by atoms with Crippen LogP contribution in [0.5, 0.6) is 0 Å². The van der Waals surface area contributed by atoms with Crippen LogP contribution in [-0.4, -0.2) is 31.9 Å². The molecular weight excluding hydrogens is 163 g/mol. The molecule has 1 atom stereocenters. The molecular formula is C5H17N2OPSi. The Balaban J connectivity index is 3.68. The fraction of sp³-hybridized carbons (Fsp3) is 1.00. The summed E-state index contributed by atoms with van der Waals surface area (Å²) in [5.74, 6) is 0. The molecule has 0 heterocycles. The molecule has 0 aliphatic heterocycles. The van der Waals surface area contributed by atoms with Gasteiger partial charge in [-0.25, -0.2) is 0 Å². The number of nitrogens with zero attached hydrogens (tertiary/aromatic N) is 1. The molecule has 2 N–H and O–H groups in total. The van der Waals surface area contributed by atoms with E-state index in [4.69, 9.17) is 0 Å². The quantitative estimate of drug-likeness (QED) is 0.506. The molecule has 10 heavy (non-hydrogen) atoms. The highest BCUT2D eigenvalue weighted by molar-refractivity contribution is 7.49. The van der Waals surface area contributed by atoms with Gasteiger partial charge in [-0.05, 0) is 14.1 Å². The predicted octanol–water partition coefficient (Wildman–Crippen LogP) is 1.19. The van der Waals surface area contributed by atoms with Gasteiger partial charge in [-0.15, -0.1) is 0 Å². The average molecular weight is 180 g/mol. The van der Waals surface area contributed by atoms with Crippen LogP contribution in [-0.2, 0) is 0 Å². The van der Waals surface area contributed by atoms with E-state index in [0.29, 0.717) is 0 Å². The molecule has 0 aromatic heterocycles. The normalized spacial score (nSPS) is 15.9. The van der Waals surface area contributed by atoms with Gasteiger partial charge in [0.2, 0.25) is 0 Å². The molecule has 62 valence electrons. The fourth-order valence-electron chi connectivity index (χ4n) is 0.400. The van der Waals surface area contributed by atoms with Gasteiger partial charge in [0.1, 0.15) is 8.24 Å². The Morgan fingerprint density at radius 3 is 1.80 bits per heavy atom. The minimum atomic E-state index is -1.30. The van der Waals surface area contributed by atoms with Crippen LogP contribution < -0.4 is 4.75 Å². The van der Waals surface area contributed by atoms with Crippen molar-refractivity contribution in [2.24, 2.45) is 0 Å². The first-order valence-corrected chi connectivity index (χ1v) is 8.02. The van der Waals surface area contributed by atoms with Gasteiger partial charge in [-0.3, -0.25) is 9.42 Å². The van der Waals surface area contributed by atoms with Gasteiger partial charge in [0, 0.05) is 0 Å². The first-order chi connectivity index (χ1) is 4.33.